The quantitative estimate of drug-likeness (QED) is 0.564. The fourth-order valence-electron chi connectivity index (χ4n) is 3.33. The van der Waals surface area contributed by atoms with E-state index in [0.29, 0.717) is 10.1 Å². The van der Waals surface area contributed by atoms with Crippen molar-refractivity contribution in [2.24, 2.45) is 0 Å². The molecule has 0 amide bonds. The number of anilines is 1. The van der Waals surface area contributed by atoms with E-state index in [2.05, 4.69) is 45.2 Å². The minimum Gasteiger partial charge on any atom is -0.348 e. The lowest BCUT2D eigenvalue weighted by atomic mass is 10.0. The van der Waals surface area contributed by atoms with E-state index in [1.807, 2.05) is 36.4 Å². The average molecular weight is 402 g/mol. The van der Waals surface area contributed by atoms with Crippen LogP contribution in [0.25, 0.3) is 0 Å². The Balaban J connectivity index is 1.66. The molecule has 0 bridgehead atoms. The minimum absolute atomic E-state index is 0.0447. The molecule has 26 heavy (non-hydrogen) atoms. The third-order valence-electron chi connectivity index (χ3n) is 4.58. The SMILES string of the molecule is S=C(Nc1ccc(Cl)cc1)N1CCn2cccc2[C@@H]1c1ccc(Cl)cc1. The average Bonchev–Trinajstić information content (AvgIpc) is 3.12. The predicted octanol–water partition coefficient (Wildman–Crippen LogP) is 5.60. The van der Waals surface area contributed by atoms with Crippen molar-refractivity contribution in [1.29, 1.82) is 0 Å². The summed E-state index contributed by atoms with van der Waals surface area (Å²) in [5.74, 6) is 0. The molecule has 3 aromatic rings. The van der Waals surface area contributed by atoms with E-state index in [1.165, 1.54) is 5.69 Å². The third kappa shape index (κ3) is 3.45. The van der Waals surface area contributed by atoms with Crippen molar-refractivity contribution in [1.82, 2.24) is 9.47 Å². The van der Waals surface area contributed by atoms with Gasteiger partial charge in [0, 0.05) is 40.7 Å². The molecule has 0 saturated carbocycles. The molecule has 0 radical (unpaired) electrons. The Morgan fingerprint density at radius 3 is 2.27 bits per heavy atom. The maximum atomic E-state index is 6.08. The highest BCUT2D eigenvalue weighted by Gasteiger charge is 2.30. The summed E-state index contributed by atoms with van der Waals surface area (Å²) in [6.45, 7) is 1.73. The molecule has 1 aromatic heterocycles. The van der Waals surface area contributed by atoms with Gasteiger partial charge in [-0.1, -0.05) is 35.3 Å². The number of hydrogen-bond donors (Lipinski definition) is 1. The summed E-state index contributed by atoms with van der Waals surface area (Å²) in [5.41, 5.74) is 3.31. The van der Waals surface area contributed by atoms with Crippen LogP contribution in [0.2, 0.25) is 10.0 Å². The molecule has 4 rings (SSSR count). The van der Waals surface area contributed by atoms with Crippen molar-refractivity contribution in [3.05, 3.63) is 88.2 Å². The zero-order valence-corrected chi connectivity index (χ0v) is 16.2. The summed E-state index contributed by atoms with van der Waals surface area (Å²) in [5, 5.41) is 5.47. The van der Waals surface area contributed by atoms with Crippen LogP contribution in [0.1, 0.15) is 17.3 Å². The number of benzene rings is 2. The monoisotopic (exact) mass is 401 g/mol. The number of nitrogens with zero attached hydrogens (tertiary/aromatic N) is 2. The summed E-state index contributed by atoms with van der Waals surface area (Å²) < 4.78 is 2.28. The number of aromatic nitrogens is 1. The van der Waals surface area contributed by atoms with Gasteiger partial charge in [0.25, 0.3) is 0 Å². The van der Waals surface area contributed by atoms with Gasteiger partial charge in [0.05, 0.1) is 6.04 Å². The van der Waals surface area contributed by atoms with Gasteiger partial charge in [-0.15, -0.1) is 0 Å². The van der Waals surface area contributed by atoms with Gasteiger partial charge in [0.15, 0.2) is 5.11 Å². The Morgan fingerprint density at radius 1 is 0.923 bits per heavy atom. The van der Waals surface area contributed by atoms with Crippen LogP contribution in [0.4, 0.5) is 5.69 Å². The van der Waals surface area contributed by atoms with Crippen LogP contribution in [-0.4, -0.2) is 21.1 Å². The molecule has 2 aromatic carbocycles. The van der Waals surface area contributed by atoms with Crippen LogP contribution in [0.3, 0.4) is 0 Å². The van der Waals surface area contributed by atoms with Crippen molar-refractivity contribution in [2.45, 2.75) is 12.6 Å². The van der Waals surface area contributed by atoms with Gasteiger partial charge < -0.3 is 14.8 Å². The lowest BCUT2D eigenvalue weighted by Crippen LogP contribution is -2.44. The van der Waals surface area contributed by atoms with Crippen LogP contribution < -0.4 is 5.32 Å². The molecule has 1 atom stereocenters. The highest BCUT2D eigenvalue weighted by atomic mass is 35.5. The second kappa shape index (κ2) is 7.31. The van der Waals surface area contributed by atoms with E-state index in [0.717, 1.165) is 29.4 Å². The molecule has 1 aliphatic rings. The molecule has 132 valence electrons. The zero-order chi connectivity index (χ0) is 18.1. The first-order chi connectivity index (χ1) is 12.6. The van der Waals surface area contributed by atoms with Crippen molar-refractivity contribution in [3.63, 3.8) is 0 Å². The first-order valence-electron chi connectivity index (χ1n) is 8.35. The van der Waals surface area contributed by atoms with Crippen molar-refractivity contribution < 1.29 is 0 Å². The predicted molar refractivity (Wildman–Crippen MR) is 112 cm³/mol. The summed E-state index contributed by atoms with van der Waals surface area (Å²) >= 11 is 17.8. The topological polar surface area (TPSA) is 20.2 Å². The molecule has 0 aliphatic carbocycles. The Bertz CT molecular complexity index is 919. The molecule has 0 fully saturated rings. The molecule has 2 heterocycles. The van der Waals surface area contributed by atoms with Crippen molar-refractivity contribution in [3.8, 4) is 0 Å². The minimum atomic E-state index is 0.0447. The van der Waals surface area contributed by atoms with Gasteiger partial charge in [0.2, 0.25) is 0 Å². The molecule has 0 saturated heterocycles. The second-order valence-electron chi connectivity index (χ2n) is 6.21. The molecular weight excluding hydrogens is 385 g/mol. The fraction of sp³-hybridized carbons (Fsp3) is 0.150. The highest BCUT2D eigenvalue weighted by Crippen LogP contribution is 2.33. The Morgan fingerprint density at radius 2 is 1.58 bits per heavy atom. The standard InChI is InChI=1S/C20H17Cl2N3S/c21-15-5-3-14(4-6-15)19-18-2-1-11-24(18)12-13-25(19)20(26)23-17-9-7-16(22)8-10-17/h1-11,19H,12-13H2,(H,23,26)/t19-/m0/s1. The van der Waals surface area contributed by atoms with Gasteiger partial charge in [0.1, 0.15) is 0 Å². The van der Waals surface area contributed by atoms with Gasteiger partial charge in [-0.05, 0) is 66.3 Å². The summed E-state index contributed by atoms with van der Waals surface area (Å²) in [6.07, 6.45) is 2.12. The lowest BCUT2D eigenvalue weighted by molar-refractivity contribution is 0.293. The Labute approximate surface area is 168 Å². The van der Waals surface area contributed by atoms with Crippen LogP contribution in [0.15, 0.2) is 66.9 Å². The van der Waals surface area contributed by atoms with Crippen LogP contribution in [0, 0.1) is 0 Å². The smallest absolute Gasteiger partial charge is 0.174 e. The molecule has 0 unspecified atom stereocenters. The molecular formula is C20H17Cl2N3S. The summed E-state index contributed by atoms with van der Waals surface area (Å²) in [7, 11) is 0. The molecule has 1 N–H and O–H groups in total. The van der Waals surface area contributed by atoms with Crippen molar-refractivity contribution in [2.75, 3.05) is 11.9 Å². The summed E-state index contributed by atoms with van der Waals surface area (Å²) in [4.78, 5) is 2.22. The number of hydrogen-bond acceptors (Lipinski definition) is 1. The maximum Gasteiger partial charge on any atom is 0.174 e. The number of fused-ring (bicyclic) bond motifs is 1. The van der Waals surface area contributed by atoms with Crippen LogP contribution in [0.5, 0.6) is 0 Å². The van der Waals surface area contributed by atoms with E-state index in [1.54, 1.807) is 0 Å². The Hall–Kier alpha value is -2.01. The molecule has 3 nitrogen and oxygen atoms in total. The van der Waals surface area contributed by atoms with E-state index < -0.39 is 0 Å². The van der Waals surface area contributed by atoms with Crippen LogP contribution >= 0.6 is 35.4 Å². The molecule has 6 heteroatoms. The van der Waals surface area contributed by atoms with Gasteiger partial charge >= 0.3 is 0 Å². The third-order valence-corrected chi connectivity index (χ3v) is 5.42. The van der Waals surface area contributed by atoms with Gasteiger partial charge in [-0.25, -0.2) is 0 Å². The van der Waals surface area contributed by atoms with E-state index in [4.69, 9.17) is 35.4 Å². The summed E-state index contributed by atoms with van der Waals surface area (Å²) in [6, 6.07) is 19.8. The normalized spacial score (nSPS) is 16.2. The van der Waals surface area contributed by atoms with Gasteiger partial charge in [-0.2, -0.15) is 0 Å². The Kier molecular flexibility index (Phi) is 4.90. The van der Waals surface area contributed by atoms with E-state index >= 15 is 0 Å². The first kappa shape index (κ1) is 17.4. The zero-order valence-electron chi connectivity index (χ0n) is 13.9. The number of halogens is 2. The fourth-order valence-corrected chi connectivity index (χ4v) is 3.89. The lowest BCUT2D eigenvalue weighted by Gasteiger charge is -2.39. The van der Waals surface area contributed by atoms with Gasteiger partial charge in [-0.3, -0.25) is 0 Å². The number of rotatable bonds is 2. The number of nitrogens with one attached hydrogen (secondary N) is 1. The van der Waals surface area contributed by atoms with Crippen molar-refractivity contribution >= 4 is 46.2 Å². The molecule has 1 aliphatic heterocycles. The largest absolute Gasteiger partial charge is 0.348 e. The van der Waals surface area contributed by atoms with Crippen LogP contribution in [-0.2, 0) is 6.54 Å². The maximum absolute atomic E-state index is 6.08. The molecule has 0 spiro atoms. The first-order valence-corrected chi connectivity index (χ1v) is 9.52. The highest BCUT2D eigenvalue weighted by molar-refractivity contribution is 7.80. The van der Waals surface area contributed by atoms with E-state index in [9.17, 15) is 0 Å². The number of thiocarbonyl (C=S) groups is 1. The second-order valence-corrected chi connectivity index (χ2v) is 7.47. The van der Waals surface area contributed by atoms with E-state index in [-0.39, 0.29) is 6.04 Å².